The van der Waals surface area contributed by atoms with Crippen LogP contribution in [0.1, 0.15) is 24.2 Å². The fourth-order valence-electron chi connectivity index (χ4n) is 1.20. The molecule has 16 heavy (non-hydrogen) atoms. The minimum atomic E-state index is -0.631. The molecule has 1 aromatic rings. The average molecular weight is 224 g/mol. The summed E-state index contributed by atoms with van der Waals surface area (Å²) in [6.07, 6.45) is 2.93. The number of carbonyl (C=O) groups excluding carboxylic acids is 2. The zero-order valence-corrected chi connectivity index (χ0v) is 9.63. The molecule has 0 bridgehead atoms. The van der Waals surface area contributed by atoms with Crippen LogP contribution in [-0.4, -0.2) is 35.6 Å². The Balaban J connectivity index is 2.52. The van der Waals surface area contributed by atoms with Crippen molar-refractivity contribution in [1.29, 1.82) is 0 Å². The summed E-state index contributed by atoms with van der Waals surface area (Å²) in [5, 5.41) is 11.5. The summed E-state index contributed by atoms with van der Waals surface area (Å²) < 4.78 is 0. The first-order chi connectivity index (χ1) is 7.47. The Kier molecular flexibility index (Phi) is 3.65. The first-order valence-electron chi connectivity index (χ1n) is 4.96. The van der Waals surface area contributed by atoms with Crippen LogP contribution in [0, 0.1) is 5.41 Å². The SMILES string of the molecule is CNC(=O)C(C)(C)CNC(=O)c1cn[nH]c1. The van der Waals surface area contributed by atoms with Crippen molar-refractivity contribution in [3.8, 4) is 0 Å². The van der Waals surface area contributed by atoms with Gasteiger partial charge in [-0.3, -0.25) is 14.7 Å². The lowest BCUT2D eigenvalue weighted by Gasteiger charge is -2.22. The van der Waals surface area contributed by atoms with Gasteiger partial charge in [-0.15, -0.1) is 0 Å². The van der Waals surface area contributed by atoms with Gasteiger partial charge >= 0.3 is 0 Å². The maximum atomic E-state index is 11.6. The van der Waals surface area contributed by atoms with Gasteiger partial charge in [0.15, 0.2) is 0 Å². The van der Waals surface area contributed by atoms with Gasteiger partial charge in [0.2, 0.25) is 5.91 Å². The van der Waals surface area contributed by atoms with E-state index in [1.165, 1.54) is 12.4 Å². The molecule has 1 heterocycles. The largest absolute Gasteiger partial charge is 0.359 e. The highest BCUT2D eigenvalue weighted by atomic mass is 16.2. The van der Waals surface area contributed by atoms with E-state index < -0.39 is 5.41 Å². The number of hydrogen-bond acceptors (Lipinski definition) is 3. The molecule has 2 amide bonds. The van der Waals surface area contributed by atoms with Gasteiger partial charge in [0.1, 0.15) is 0 Å². The predicted molar refractivity (Wildman–Crippen MR) is 58.8 cm³/mol. The van der Waals surface area contributed by atoms with Crippen molar-refractivity contribution in [1.82, 2.24) is 20.8 Å². The van der Waals surface area contributed by atoms with Crippen LogP contribution in [0.4, 0.5) is 0 Å². The molecular weight excluding hydrogens is 208 g/mol. The Morgan fingerprint density at radius 2 is 2.19 bits per heavy atom. The molecule has 0 spiro atoms. The summed E-state index contributed by atoms with van der Waals surface area (Å²) in [4.78, 5) is 23.0. The predicted octanol–water partition coefficient (Wildman–Crippen LogP) is -0.0883. The van der Waals surface area contributed by atoms with Gasteiger partial charge in [0.05, 0.1) is 17.2 Å². The third kappa shape index (κ3) is 2.82. The molecule has 3 N–H and O–H groups in total. The minimum absolute atomic E-state index is 0.111. The van der Waals surface area contributed by atoms with Gasteiger partial charge in [-0.25, -0.2) is 0 Å². The first kappa shape index (κ1) is 12.2. The van der Waals surface area contributed by atoms with Crippen LogP contribution in [0.5, 0.6) is 0 Å². The zero-order chi connectivity index (χ0) is 12.2. The monoisotopic (exact) mass is 224 g/mol. The number of aromatic nitrogens is 2. The van der Waals surface area contributed by atoms with Gasteiger partial charge < -0.3 is 10.6 Å². The molecule has 0 aromatic carbocycles. The number of hydrogen-bond donors (Lipinski definition) is 3. The maximum Gasteiger partial charge on any atom is 0.254 e. The molecular formula is C10H16N4O2. The van der Waals surface area contributed by atoms with Gasteiger partial charge in [0, 0.05) is 19.8 Å². The first-order valence-corrected chi connectivity index (χ1v) is 4.96. The highest BCUT2D eigenvalue weighted by molar-refractivity contribution is 5.94. The number of nitrogens with one attached hydrogen (secondary N) is 3. The Morgan fingerprint density at radius 1 is 1.50 bits per heavy atom. The molecule has 6 nitrogen and oxygen atoms in total. The Bertz CT molecular complexity index is 370. The maximum absolute atomic E-state index is 11.6. The second-order valence-electron chi connectivity index (χ2n) is 4.13. The second-order valence-corrected chi connectivity index (χ2v) is 4.13. The molecule has 1 aromatic heterocycles. The third-order valence-corrected chi connectivity index (χ3v) is 2.29. The Morgan fingerprint density at radius 3 is 2.69 bits per heavy atom. The van der Waals surface area contributed by atoms with Crippen LogP contribution in [0.2, 0.25) is 0 Å². The smallest absolute Gasteiger partial charge is 0.254 e. The normalized spacial score (nSPS) is 10.9. The summed E-state index contributed by atoms with van der Waals surface area (Å²) in [6.45, 7) is 3.81. The van der Waals surface area contributed by atoms with E-state index >= 15 is 0 Å². The molecule has 0 unspecified atom stereocenters. The topological polar surface area (TPSA) is 86.9 Å². The van der Waals surface area contributed by atoms with Crippen LogP contribution in [0.3, 0.4) is 0 Å². The molecule has 1 rings (SSSR count). The van der Waals surface area contributed by atoms with Crippen molar-refractivity contribution in [2.45, 2.75) is 13.8 Å². The van der Waals surface area contributed by atoms with Crippen molar-refractivity contribution >= 4 is 11.8 Å². The molecule has 0 aliphatic carbocycles. The summed E-state index contributed by atoms with van der Waals surface area (Å²) >= 11 is 0. The number of rotatable bonds is 4. The van der Waals surface area contributed by atoms with E-state index in [4.69, 9.17) is 0 Å². The highest BCUT2D eigenvalue weighted by Crippen LogP contribution is 2.13. The number of amides is 2. The lowest BCUT2D eigenvalue weighted by Crippen LogP contribution is -2.43. The quantitative estimate of drug-likeness (QED) is 0.668. The van der Waals surface area contributed by atoms with Crippen LogP contribution in [-0.2, 0) is 4.79 Å². The Hall–Kier alpha value is -1.85. The molecule has 0 saturated heterocycles. The molecule has 0 atom stereocenters. The van der Waals surface area contributed by atoms with Gasteiger partial charge in [-0.05, 0) is 13.8 Å². The lowest BCUT2D eigenvalue weighted by atomic mass is 9.92. The van der Waals surface area contributed by atoms with Gasteiger partial charge in [0.25, 0.3) is 5.91 Å². The molecule has 0 saturated carbocycles. The van der Waals surface area contributed by atoms with E-state index in [-0.39, 0.29) is 18.4 Å². The number of aromatic amines is 1. The van der Waals surface area contributed by atoms with E-state index in [0.29, 0.717) is 5.56 Å². The molecule has 0 radical (unpaired) electrons. The summed E-state index contributed by atoms with van der Waals surface area (Å²) in [5.41, 5.74) is -0.179. The standard InChI is InChI=1S/C10H16N4O2/c1-10(2,9(16)11-3)6-12-8(15)7-4-13-14-5-7/h4-5H,6H2,1-3H3,(H,11,16)(H,12,15)(H,13,14). The number of H-pyrrole nitrogens is 1. The van der Waals surface area contributed by atoms with Crippen molar-refractivity contribution in [3.05, 3.63) is 18.0 Å². The summed E-state index contributed by atoms with van der Waals surface area (Å²) in [5.74, 6) is -0.356. The van der Waals surface area contributed by atoms with Crippen LogP contribution in [0.15, 0.2) is 12.4 Å². The number of carbonyl (C=O) groups is 2. The second kappa shape index (κ2) is 4.78. The molecule has 0 aliphatic rings. The summed E-state index contributed by atoms with van der Waals surface area (Å²) in [7, 11) is 1.57. The highest BCUT2D eigenvalue weighted by Gasteiger charge is 2.27. The average Bonchev–Trinajstić information content (AvgIpc) is 2.78. The van der Waals surface area contributed by atoms with E-state index in [0.717, 1.165) is 0 Å². The van der Waals surface area contributed by atoms with Crippen LogP contribution in [0.25, 0.3) is 0 Å². The van der Waals surface area contributed by atoms with E-state index in [2.05, 4.69) is 20.8 Å². The van der Waals surface area contributed by atoms with Crippen molar-refractivity contribution in [3.63, 3.8) is 0 Å². The van der Waals surface area contributed by atoms with E-state index in [9.17, 15) is 9.59 Å². The van der Waals surface area contributed by atoms with Crippen molar-refractivity contribution in [2.75, 3.05) is 13.6 Å². The molecule has 0 fully saturated rings. The Labute approximate surface area is 93.8 Å². The van der Waals surface area contributed by atoms with E-state index in [1.807, 2.05) is 0 Å². The van der Waals surface area contributed by atoms with Crippen molar-refractivity contribution in [2.24, 2.45) is 5.41 Å². The van der Waals surface area contributed by atoms with Crippen LogP contribution >= 0.6 is 0 Å². The van der Waals surface area contributed by atoms with Crippen molar-refractivity contribution < 1.29 is 9.59 Å². The zero-order valence-electron chi connectivity index (χ0n) is 9.63. The van der Waals surface area contributed by atoms with E-state index in [1.54, 1.807) is 20.9 Å². The molecule has 88 valence electrons. The fraction of sp³-hybridized carbons (Fsp3) is 0.500. The summed E-state index contributed by atoms with van der Waals surface area (Å²) in [6, 6.07) is 0. The third-order valence-electron chi connectivity index (χ3n) is 2.29. The molecule has 0 aliphatic heterocycles. The lowest BCUT2D eigenvalue weighted by molar-refractivity contribution is -0.128. The fourth-order valence-corrected chi connectivity index (χ4v) is 1.20. The van der Waals surface area contributed by atoms with Gasteiger partial charge in [-0.1, -0.05) is 0 Å². The van der Waals surface area contributed by atoms with Crippen LogP contribution < -0.4 is 10.6 Å². The molecule has 6 heteroatoms. The minimum Gasteiger partial charge on any atom is -0.359 e. The number of nitrogens with zero attached hydrogens (tertiary/aromatic N) is 1. The van der Waals surface area contributed by atoms with Gasteiger partial charge in [-0.2, -0.15) is 5.10 Å².